The number of aliphatic hydroxyl groups excluding tert-OH is 1. The highest BCUT2D eigenvalue weighted by molar-refractivity contribution is 8.00. The lowest BCUT2D eigenvalue weighted by molar-refractivity contribution is -0.146. The largest absolute Gasteiger partial charge is 0.381 e. The second kappa shape index (κ2) is 13.1. The summed E-state index contributed by atoms with van der Waals surface area (Å²) in [5.41, 5.74) is 1.84. The van der Waals surface area contributed by atoms with Crippen molar-refractivity contribution >= 4 is 29.5 Å². The smallest absolute Gasteiger partial charge is 0.257 e. The maximum absolute atomic E-state index is 14.3. The van der Waals surface area contributed by atoms with Crippen LogP contribution >= 0.6 is 11.8 Å². The highest BCUT2D eigenvalue weighted by atomic mass is 32.2. The minimum absolute atomic E-state index is 0.0102. The van der Waals surface area contributed by atoms with Crippen molar-refractivity contribution in [1.82, 2.24) is 15.5 Å². The van der Waals surface area contributed by atoms with Crippen molar-refractivity contribution in [3.05, 3.63) is 107 Å². The molecule has 7 nitrogen and oxygen atoms in total. The molecule has 10 heteroatoms. The van der Waals surface area contributed by atoms with Crippen LogP contribution in [0.15, 0.2) is 72.8 Å². The van der Waals surface area contributed by atoms with E-state index in [4.69, 9.17) is 0 Å². The van der Waals surface area contributed by atoms with Gasteiger partial charge in [0.05, 0.1) is 11.9 Å². The number of rotatable bonds is 9. The van der Waals surface area contributed by atoms with Gasteiger partial charge in [-0.25, -0.2) is 8.78 Å². The Morgan fingerprint density at radius 2 is 1.65 bits per heavy atom. The van der Waals surface area contributed by atoms with Crippen LogP contribution in [-0.4, -0.2) is 57.0 Å². The van der Waals surface area contributed by atoms with Crippen LogP contribution in [0.3, 0.4) is 0 Å². The number of aliphatic hydroxyl groups is 1. The molecular formula is C30H31F2N3O4S. The molecule has 3 aromatic rings. The van der Waals surface area contributed by atoms with E-state index in [1.165, 1.54) is 16.7 Å². The molecule has 1 aliphatic rings. The number of nitrogens with zero attached hydrogens (tertiary/aromatic N) is 1. The molecule has 210 valence electrons. The standard InChI is InChI=1S/C30H31F2N3O4S/c1-18-9-6-7-12-21(18)16-33-29(38)26-19(2)40-17-35(26)30(39)27(36)24(15-20-10-4-3-5-11-20)34-28(37)25-22(31)13-8-14-23(25)32/h3-14,19,24,26-27,36H,15-17H2,1-2H3,(H,33,38)(H,34,37)/t19?,24-,26-,27-/m0/s1. The number of thioether (sulfide) groups is 1. The molecule has 0 bridgehead atoms. The number of aryl methyl sites for hydroxylation is 1. The molecule has 1 unspecified atom stereocenters. The van der Waals surface area contributed by atoms with Crippen LogP contribution < -0.4 is 10.6 Å². The van der Waals surface area contributed by atoms with Gasteiger partial charge in [-0.05, 0) is 42.2 Å². The predicted octanol–water partition coefficient (Wildman–Crippen LogP) is 3.58. The summed E-state index contributed by atoms with van der Waals surface area (Å²) in [6.07, 6.45) is -1.77. The summed E-state index contributed by atoms with van der Waals surface area (Å²) in [6, 6.07) is 17.4. The Balaban J connectivity index is 1.53. The molecule has 4 atom stereocenters. The molecule has 0 spiro atoms. The molecule has 40 heavy (non-hydrogen) atoms. The zero-order valence-electron chi connectivity index (χ0n) is 22.1. The molecule has 3 aromatic carbocycles. The maximum atomic E-state index is 14.3. The van der Waals surface area contributed by atoms with Crippen LogP contribution in [0.5, 0.6) is 0 Å². The van der Waals surface area contributed by atoms with Gasteiger partial charge in [-0.3, -0.25) is 14.4 Å². The van der Waals surface area contributed by atoms with E-state index in [0.29, 0.717) is 5.56 Å². The van der Waals surface area contributed by atoms with Gasteiger partial charge in [-0.1, -0.05) is 67.6 Å². The first-order valence-corrected chi connectivity index (χ1v) is 13.9. The molecule has 0 radical (unpaired) electrons. The molecule has 1 fully saturated rings. The number of carbonyl (C=O) groups is 3. The maximum Gasteiger partial charge on any atom is 0.257 e. The average molecular weight is 568 g/mol. The first-order valence-electron chi connectivity index (χ1n) is 12.9. The fraction of sp³-hybridized carbons (Fsp3) is 0.300. The SMILES string of the molecule is Cc1ccccc1CNC(=O)[C@@H]1C(C)SCN1C(=O)[C@@H](O)[C@H](Cc1ccccc1)NC(=O)c1c(F)cccc1F. The highest BCUT2D eigenvalue weighted by Crippen LogP contribution is 2.30. The lowest BCUT2D eigenvalue weighted by Crippen LogP contribution is -2.57. The quantitative estimate of drug-likeness (QED) is 0.367. The summed E-state index contributed by atoms with van der Waals surface area (Å²) in [7, 11) is 0. The number of halogens is 2. The van der Waals surface area contributed by atoms with Gasteiger partial charge >= 0.3 is 0 Å². The topological polar surface area (TPSA) is 98.7 Å². The van der Waals surface area contributed by atoms with E-state index in [2.05, 4.69) is 10.6 Å². The Bertz CT molecular complexity index is 1350. The van der Waals surface area contributed by atoms with E-state index in [1.807, 2.05) is 38.1 Å². The Morgan fingerprint density at radius 3 is 2.33 bits per heavy atom. The summed E-state index contributed by atoms with van der Waals surface area (Å²) in [5, 5.41) is 16.3. The summed E-state index contributed by atoms with van der Waals surface area (Å²) in [5.74, 6) is -4.19. The van der Waals surface area contributed by atoms with Gasteiger partial charge < -0.3 is 20.6 Å². The second-order valence-electron chi connectivity index (χ2n) is 9.71. The van der Waals surface area contributed by atoms with Crippen molar-refractivity contribution in [2.45, 2.75) is 50.3 Å². The van der Waals surface area contributed by atoms with Gasteiger partial charge in [0.15, 0.2) is 6.10 Å². The number of amides is 3. The third kappa shape index (κ3) is 6.68. The first-order chi connectivity index (χ1) is 19.2. The number of hydrogen-bond donors (Lipinski definition) is 3. The first kappa shape index (κ1) is 29.2. The van der Waals surface area contributed by atoms with E-state index >= 15 is 0 Å². The number of hydrogen-bond acceptors (Lipinski definition) is 5. The van der Waals surface area contributed by atoms with Crippen LogP contribution in [0.2, 0.25) is 0 Å². The van der Waals surface area contributed by atoms with Crippen LogP contribution in [-0.2, 0) is 22.6 Å². The second-order valence-corrected chi connectivity index (χ2v) is 11.0. The van der Waals surface area contributed by atoms with Gasteiger partial charge in [0.25, 0.3) is 11.8 Å². The van der Waals surface area contributed by atoms with Gasteiger partial charge in [0, 0.05) is 11.8 Å². The summed E-state index contributed by atoms with van der Waals surface area (Å²) >= 11 is 1.39. The van der Waals surface area contributed by atoms with E-state index in [1.54, 1.807) is 30.3 Å². The lowest BCUT2D eigenvalue weighted by atomic mass is 9.99. The Hall–Kier alpha value is -3.76. The number of benzene rings is 3. The van der Waals surface area contributed by atoms with Crippen molar-refractivity contribution in [1.29, 1.82) is 0 Å². The molecular weight excluding hydrogens is 536 g/mol. The van der Waals surface area contributed by atoms with Gasteiger partial charge in [-0.2, -0.15) is 0 Å². The van der Waals surface area contributed by atoms with Crippen LogP contribution in [0.25, 0.3) is 0 Å². The highest BCUT2D eigenvalue weighted by Gasteiger charge is 2.43. The lowest BCUT2D eigenvalue weighted by Gasteiger charge is -2.30. The monoisotopic (exact) mass is 567 g/mol. The van der Waals surface area contributed by atoms with Crippen molar-refractivity contribution in [2.24, 2.45) is 0 Å². The Morgan fingerprint density at radius 1 is 1.00 bits per heavy atom. The van der Waals surface area contributed by atoms with Crippen molar-refractivity contribution in [3.8, 4) is 0 Å². The summed E-state index contributed by atoms with van der Waals surface area (Å²) in [4.78, 5) is 41.0. The molecule has 0 saturated carbocycles. The zero-order chi connectivity index (χ0) is 28.8. The molecule has 1 saturated heterocycles. The van der Waals surface area contributed by atoms with E-state index in [9.17, 15) is 28.3 Å². The normalized spacial score (nSPS) is 18.2. The van der Waals surface area contributed by atoms with Crippen LogP contribution in [0.4, 0.5) is 8.78 Å². The Labute approximate surface area is 236 Å². The minimum atomic E-state index is -1.78. The molecule has 1 aliphatic heterocycles. The van der Waals surface area contributed by atoms with E-state index in [0.717, 1.165) is 29.3 Å². The molecule has 0 aromatic heterocycles. The van der Waals surface area contributed by atoms with Crippen molar-refractivity contribution in [3.63, 3.8) is 0 Å². The third-order valence-electron chi connectivity index (χ3n) is 6.96. The number of nitrogens with one attached hydrogen (secondary N) is 2. The van der Waals surface area contributed by atoms with Crippen LogP contribution in [0.1, 0.15) is 34.0 Å². The summed E-state index contributed by atoms with van der Waals surface area (Å²) < 4.78 is 28.6. The van der Waals surface area contributed by atoms with Gasteiger partial charge in [0.1, 0.15) is 23.2 Å². The third-order valence-corrected chi connectivity index (χ3v) is 8.17. The van der Waals surface area contributed by atoms with Crippen LogP contribution in [0, 0.1) is 18.6 Å². The average Bonchev–Trinajstić information content (AvgIpc) is 3.33. The fourth-order valence-electron chi connectivity index (χ4n) is 4.68. The van der Waals surface area contributed by atoms with E-state index in [-0.39, 0.29) is 30.0 Å². The molecule has 3 N–H and O–H groups in total. The number of carbonyl (C=O) groups excluding carboxylic acids is 3. The van der Waals surface area contributed by atoms with E-state index < -0.39 is 47.2 Å². The fourth-order valence-corrected chi connectivity index (χ4v) is 5.82. The van der Waals surface area contributed by atoms with Gasteiger partial charge in [0.2, 0.25) is 5.91 Å². The molecule has 1 heterocycles. The molecule has 3 amide bonds. The zero-order valence-corrected chi connectivity index (χ0v) is 23.0. The van der Waals surface area contributed by atoms with Gasteiger partial charge in [-0.15, -0.1) is 11.8 Å². The minimum Gasteiger partial charge on any atom is -0.381 e. The van der Waals surface area contributed by atoms with Crippen molar-refractivity contribution in [2.75, 3.05) is 5.88 Å². The molecule has 4 rings (SSSR count). The molecule has 0 aliphatic carbocycles. The van der Waals surface area contributed by atoms with Crippen molar-refractivity contribution < 1.29 is 28.3 Å². The Kier molecular flexibility index (Phi) is 9.54. The summed E-state index contributed by atoms with van der Waals surface area (Å²) in [6.45, 7) is 4.05. The predicted molar refractivity (Wildman–Crippen MR) is 149 cm³/mol.